The SMILES string of the molecule is CN1CCN(C)C(CNc2ccc(N)c3ccncc23)C1. The summed E-state index contributed by atoms with van der Waals surface area (Å²) in [5, 5.41) is 5.72. The molecule has 2 aromatic rings. The fraction of sp³-hybridized carbons (Fsp3) is 0.438. The number of nitrogen functional groups attached to an aromatic ring is 1. The molecule has 3 rings (SSSR count). The smallest absolute Gasteiger partial charge is 0.0437 e. The van der Waals surface area contributed by atoms with E-state index in [-0.39, 0.29) is 0 Å². The number of nitrogens with zero attached hydrogens (tertiary/aromatic N) is 3. The summed E-state index contributed by atoms with van der Waals surface area (Å²) in [6, 6.07) is 6.50. The largest absolute Gasteiger partial charge is 0.398 e. The van der Waals surface area contributed by atoms with Crippen molar-refractivity contribution in [2.75, 3.05) is 51.3 Å². The van der Waals surface area contributed by atoms with Gasteiger partial charge in [0.15, 0.2) is 0 Å². The standard InChI is InChI=1S/C16H23N5/c1-20-7-8-21(2)12(11-20)9-19-16-4-3-15(17)13-5-6-18-10-14(13)16/h3-6,10,12,19H,7-9,11,17H2,1-2H3. The van der Waals surface area contributed by atoms with E-state index in [4.69, 9.17) is 5.73 Å². The van der Waals surface area contributed by atoms with Gasteiger partial charge in [-0.15, -0.1) is 0 Å². The zero-order valence-electron chi connectivity index (χ0n) is 12.7. The van der Waals surface area contributed by atoms with Crippen molar-refractivity contribution in [2.45, 2.75) is 6.04 Å². The molecule has 1 aromatic heterocycles. The van der Waals surface area contributed by atoms with Crippen LogP contribution in [0.4, 0.5) is 11.4 Å². The average molecular weight is 285 g/mol. The Hall–Kier alpha value is -1.85. The number of anilines is 2. The van der Waals surface area contributed by atoms with Crippen LogP contribution < -0.4 is 11.1 Å². The number of pyridine rings is 1. The number of hydrogen-bond donors (Lipinski definition) is 2. The molecule has 1 aliphatic heterocycles. The maximum atomic E-state index is 6.03. The summed E-state index contributed by atoms with van der Waals surface area (Å²) in [6.07, 6.45) is 3.66. The summed E-state index contributed by atoms with van der Waals surface area (Å²) in [5.74, 6) is 0. The first-order valence-corrected chi connectivity index (χ1v) is 7.40. The highest BCUT2D eigenvalue weighted by molar-refractivity contribution is 6.00. The number of rotatable bonds is 3. The molecule has 1 atom stereocenters. The molecule has 5 nitrogen and oxygen atoms in total. The second kappa shape index (κ2) is 5.87. The summed E-state index contributed by atoms with van der Waals surface area (Å²) in [5.41, 5.74) is 7.94. The normalized spacial score (nSPS) is 20.8. The van der Waals surface area contributed by atoms with Crippen molar-refractivity contribution in [3.63, 3.8) is 0 Å². The second-order valence-corrected chi connectivity index (χ2v) is 5.90. The molecule has 1 aliphatic rings. The van der Waals surface area contributed by atoms with Crippen LogP contribution in [-0.4, -0.2) is 61.1 Å². The van der Waals surface area contributed by atoms with Crippen LogP contribution in [0.1, 0.15) is 0 Å². The fourth-order valence-electron chi connectivity index (χ4n) is 2.92. The van der Waals surface area contributed by atoms with E-state index in [0.29, 0.717) is 6.04 Å². The molecule has 0 bridgehead atoms. The third kappa shape index (κ3) is 2.94. The van der Waals surface area contributed by atoms with Crippen LogP contribution >= 0.6 is 0 Å². The van der Waals surface area contributed by atoms with Crippen molar-refractivity contribution in [3.05, 3.63) is 30.6 Å². The number of nitrogens with one attached hydrogen (secondary N) is 1. The van der Waals surface area contributed by atoms with Gasteiger partial charge in [0, 0.05) is 66.8 Å². The number of fused-ring (bicyclic) bond motifs is 1. The van der Waals surface area contributed by atoms with Gasteiger partial charge in [-0.25, -0.2) is 0 Å². The summed E-state index contributed by atoms with van der Waals surface area (Å²) >= 11 is 0. The molecule has 1 fully saturated rings. The Morgan fingerprint density at radius 3 is 2.95 bits per heavy atom. The van der Waals surface area contributed by atoms with Crippen molar-refractivity contribution in [1.82, 2.24) is 14.8 Å². The molecule has 1 aromatic carbocycles. The maximum Gasteiger partial charge on any atom is 0.0437 e. The molecule has 0 aliphatic carbocycles. The monoisotopic (exact) mass is 285 g/mol. The van der Waals surface area contributed by atoms with E-state index in [1.165, 1.54) is 0 Å². The van der Waals surface area contributed by atoms with Crippen molar-refractivity contribution >= 4 is 22.1 Å². The molecule has 0 amide bonds. The Morgan fingerprint density at radius 1 is 1.24 bits per heavy atom. The lowest BCUT2D eigenvalue weighted by Gasteiger charge is -2.38. The molecular formula is C16H23N5. The summed E-state index contributed by atoms with van der Waals surface area (Å²) < 4.78 is 0. The first-order chi connectivity index (χ1) is 10.1. The number of hydrogen-bond acceptors (Lipinski definition) is 5. The second-order valence-electron chi connectivity index (χ2n) is 5.90. The van der Waals surface area contributed by atoms with Crippen LogP contribution in [0, 0.1) is 0 Å². The lowest BCUT2D eigenvalue weighted by molar-refractivity contribution is 0.122. The van der Waals surface area contributed by atoms with Crippen molar-refractivity contribution in [1.29, 1.82) is 0 Å². The molecule has 0 radical (unpaired) electrons. The van der Waals surface area contributed by atoms with Gasteiger partial charge in [0.2, 0.25) is 0 Å². The van der Waals surface area contributed by atoms with Gasteiger partial charge >= 0.3 is 0 Å². The van der Waals surface area contributed by atoms with Gasteiger partial charge in [-0.1, -0.05) is 0 Å². The van der Waals surface area contributed by atoms with E-state index >= 15 is 0 Å². The minimum Gasteiger partial charge on any atom is -0.398 e. The number of piperazine rings is 1. The quantitative estimate of drug-likeness (QED) is 0.837. The van der Waals surface area contributed by atoms with E-state index < -0.39 is 0 Å². The molecular weight excluding hydrogens is 262 g/mol. The molecule has 3 N–H and O–H groups in total. The summed E-state index contributed by atoms with van der Waals surface area (Å²) in [6.45, 7) is 4.28. The van der Waals surface area contributed by atoms with E-state index in [1.54, 1.807) is 6.20 Å². The Kier molecular flexibility index (Phi) is 3.94. The van der Waals surface area contributed by atoms with Gasteiger partial charge in [-0.3, -0.25) is 9.88 Å². The van der Waals surface area contributed by atoms with Crippen LogP contribution in [0.2, 0.25) is 0 Å². The Balaban J connectivity index is 1.78. The molecule has 21 heavy (non-hydrogen) atoms. The summed E-state index contributed by atoms with van der Waals surface area (Å²) in [7, 11) is 4.38. The van der Waals surface area contributed by atoms with Crippen LogP contribution in [0.25, 0.3) is 10.8 Å². The van der Waals surface area contributed by atoms with Crippen molar-refractivity contribution in [2.24, 2.45) is 0 Å². The number of likely N-dealkylation sites (N-methyl/N-ethyl adjacent to an activating group) is 2. The lowest BCUT2D eigenvalue weighted by Crippen LogP contribution is -2.52. The molecule has 0 spiro atoms. The van der Waals surface area contributed by atoms with E-state index in [0.717, 1.165) is 48.3 Å². The summed E-state index contributed by atoms with van der Waals surface area (Å²) in [4.78, 5) is 9.03. The lowest BCUT2D eigenvalue weighted by atomic mass is 10.1. The number of aromatic nitrogens is 1. The average Bonchev–Trinajstić information content (AvgIpc) is 2.50. The first kappa shape index (κ1) is 14.1. The minimum absolute atomic E-state index is 0.521. The highest BCUT2D eigenvalue weighted by atomic mass is 15.3. The molecule has 5 heteroatoms. The number of benzene rings is 1. The molecule has 2 heterocycles. The van der Waals surface area contributed by atoms with Gasteiger partial charge in [0.1, 0.15) is 0 Å². The van der Waals surface area contributed by atoms with Crippen LogP contribution in [-0.2, 0) is 0 Å². The minimum atomic E-state index is 0.521. The Morgan fingerprint density at radius 2 is 2.10 bits per heavy atom. The van der Waals surface area contributed by atoms with E-state index in [2.05, 4.69) is 34.2 Å². The number of nitrogens with two attached hydrogens (primary N) is 1. The van der Waals surface area contributed by atoms with E-state index in [1.807, 2.05) is 24.4 Å². The molecule has 0 saturated carbocycles. The highest BCUT2D eigenvalue weighted by Crippen LogP contribution is 2.27. The topological polar surface area (TPSA) is 57.4 Å². The third-order valence-corrected chi connectivity index (χ3v) is 4.36. The predicted octanol–water partition coefficient (Wildman–Crippen LogP) is 1.47. The van der Waals surface area contributed by atoms with Crippen LogP contribution in [0.3, 0.4) is 0 Å². The molecule has 1 saturated heterocycles. The van der Waals surface area contributed by atoms with Gasteiger partial charge in [-0.05, 0) is 32.3 Å². The predicted molar refractivity (Wildman–Crippen MR) is 88.6 cm³/mol. The first-order valence-electron chi connectivity index (χ1n) is 7.40. The zero-order chi connectivity index (χ0) is 14.8. The van der Waals surface area contributed by atoms with Gasteiger partial charge in [-0.2, -0.15) is 0 Å². The zero-order valence-corrected chi connectivity index (χ0v) is 12.7. The van der Waals surface area contributed by atoms with Gasteiger partial charge < -0.3 is 16.0 Å². The third-order valence-electron chi connectivity index (χ3n) is 4.36. The highest BCUT2D eigenvalue weighted by Gasteiger charge is 2.21. The maximum absolute atomic E-state index is 6.03. The van der Waals surface area contributed by atoms with Gasteiger partial charge in [0.25, 0.3) is 0 Å². The van der Waals surface area contributed by atoms with Crippen LogP contribution in [0.5, 0.6) is 0 Å². The van der Waals surface area contributed by atoms with Gasteiger partial charge in [0.05, 0.1) is 0 Å². The molecule has 112 valence electrons. The molecule has 1 unspecified atom stereocenters. The van der Waals surface area contributed by atoms with Crippen LogP contribution in [0.15, 0.2) is 30.6 Å². The Bertz CT molecular complexity index is 627. The Labute approximate surface area is 125 Å². The van der Waals surface area contributed by atoms with Crippen molar-refractivity contribution < 1.29 is 0 Å². The fourth-order valence-corrected chi connectivity index (χ4v) is 2.92. The van der Waals surface area contributed by atoms with E-state index in [9.17, 15) is 0 Å². The van der Waals surface area contributed by atoms with Crippen molar-refractivity contribution in [3.8, 4) is 0 Å².